The molecule has 3 aliphatic heterocycles. The van der Waals surface area contributed by atoms with E-state index in [1.807, 2.05) is 6.08 Å². The summed E-state index contributed by atoms with van der Waals surface area (Å²) in [5, 5.41) is 119. The molecular weight excluding hydrogens is 879 g/mol. The molecule has 3 heterocycles. The average Bonchev–Trinajstić information content (AvgIpc) is 3.32. The zero-order valence-corrected chi connectivity index (χ0v) is 40.1. The van der Waals surface area contributed by atoms with Gasteiger partial charge in [0, 0.05) is 6.42 Å². The molecule has 67 heavy (non-hydrogen) atoms. The van der Waals surface area contributed by atoms with Gasteiger partial charge in [-0.1, -0.05) is 142 Å². The summed E-state index contributed by atoms with van der Waals surface area (Å²) in [7, 11) is 0. The molecule has 0 bridgehead atoms. The van der Waals surface area contributed by atoms with Gasteiger partial charge in [-0.25, -0.2) is 0 Å². The van der Waals surface area contributed by atoms with Crippen molar-refractivity contribution in [1.29, 1.82) is 0 Å². The van der Waals surface area contributed by atoms with Crippen molar-refractivity contribution in [2.45, 2.75) is 259 Å². The van der Waals surface area contributed by atoms with Crippen molar-refractivity contribution in [2.24, 2.45) is 0 Å². The van der Waals surface area contributed by atoms with Gasteiger partial charge in [-0.2, -0.15) is 0 Å². The van der Waals surface area contributed by atoms with E-state index in [0.29, 0.717) is 6.42 Å². The third-order valence-electron chi connectivity index (χ3n) is 13.1. The van der Waals surface area contributed by atoms with E-state index >= 15 is 0 Å². The molecule has 3 aliphatic rings. The highest BCUT2D eigenvalue weighted by Crippen LogP contribution is 2.33. The fourth-order valence-corrected chi connectivity index (χ4v) is 8.78. The second-order valence-electron chi connectivity index (χ2n) is 18.6. The molecule has 0 aliphatic carbocycles. The van der Waals surface area contributed by atoms with Crippen molar-refractivity contribution in [3.63, 3.8) is 0 Å². The van der Waals surface area contributed by atoms with Crippen LogP contribution in [-0.2, 0) is 33.2 Å². The molecule has 3 fully saturated rings. The highest BCUT2D eigenvalue weighted by atomic mass is 16.8. The Hall–Kier alpha value is -1.47. The van der Waals surface area contributed by atoms with Crippen molar-refractivity contribution < 1.29 is 89.4 Å². The van der Waals surface area contributed by atoms with Crippen LogP contribution in [0.1, 0.15) is 155 Å². The van der Waals surface area contributed by atoms with Gasteiger partial charge in [0.15, 0.2) is 18.9 Å². The Balaban J connectivity index is 1.56. The number of carbonyl (C=O) groups is 1. The van der Waals surface area contributed by atoms with Gasteiger partial charge in [0.05, 0.1) is 38.6 Å². The van der Waals surface area contributed by atoms with Gasteiger partial charge in [0.1, 0.15) is 73.2 Å². The van der Waals surface area contributed by atoms with Crippen LogP contribution in [0.25, 0.3) is 0 Å². The van der Waals surface area contributed by atoms with Crippen LogP contribution in [0.5, 0.6) is 0 Å². The van der Waals surface area contributed by atoms with Crippen molar-refractivity contribution in [3.05, 3.63) is 12.2 Å². The number of nitrogens with one attached hydrogen (secondary N) is 1. The smallest absolute Gasteiger partial charge is 0.220 e. The van der Waals surface area contributed by atoms with E-state index in [1.165, 1.54) is 70.6 Å². The Morgan fingerprint density at radius 2 is 0.925 bits per heavy atom. The van der Waals surface area contributed by atoms with Gasteiger partial charge >= 0.3 is 0 Å². The maximum atomic E-state index is 13.1. The Morgan fingerprint density at radius 3 is 1.40 bits per heavy atom. The molecule has 0 saturated carbocycles. The third kappa shape index (κ3) is 20.3. The lowest BCUT2D eigenvalue weighted by Crippen LogP contribution is -2.66. The number of amides is 1. The number of allylic oxidation sites excluding steroid dienone is 1. The Bertz CT molecular complexity index is 1300. The summed E-state index contributed by atoms with van der Waals surface area (Å²) in [5.41, 5.74) is 0. The summed E-state index contributed by atoms with van der Waals surface area (Å²) in [5.74, 6) is -0.284. The molecule has 12 N–H and O–H groups in total. The van der Waals surface area contributed by atoms with Crippen molar-refractivity contribution in [3.8, 4) is 0 Å². The van der Waals surface area contributed by atoms with Crippen LogP contribution in [-0.4, -0.2) is 193 Å². The van der Waals surface area contributed by atoms with Crippen LogP contribution in [0.15, 0.2) is 12.2 Å². The molecule has 394 valence electrons. The minimum Gasteiger partial charge on any atom is -0.394 e. The molecule has 17 atom stereocenters. The number of ether oxygens (including phenoxy) is 6. The number of aliphatic hydroxyl groups is 11. The number of hydrogen-bond acceptors (Lipinski definition) is 18. The van der Waals surface area contributed by atoms with Gasteiger partial charge in [0.25, 0.3) is 0 Å². The van der Waals surface area contributed by atoms with Crippen LogP contribution in [0, 0.1) is 0 Å². The summed E-state index contributed by atoms with van der Waals surface area (Å²) >= 11 is 0. The zero-order chi connectivity index (χ0) is 49.1. The average molecular weight is 968 g/mol. The Labute approximate surface area is 397 Å². The molecule has 0 aromatic heterocycles. The fraction of sp³-hybridized carbons (Fsp3) is 0.938. The molecule has 19 heteroatoms. The first kappa shape index (κ1) is 59.8. The molecule has 0 aromatic rings. The van der Waals surface area contributed by atoms with Gasteiger partial charge in [-0.05, 0) is 19.3 Å². The number of aliphatic hydroxyl groups excluding tert-OH is 11. The standard InChI is InChI=1S/C48H89NO18/c1-3-5-7-9-11-12-13-14-15-16-17-18-20-21-23-25-32(53)31(49-36(54)26-24-22-19-10-8-6-4-2)30-62-46-42(60)39(57)44(34(28-51)64-46)67-48-43(61)40(58)45(35(29-52)65-48)66-47-41(59)38(56)37(55)33(27-50)63-47/h23,25,31-35,37-48,50-53,55-61H,3-22,24,26-30H2,1-2H3,(H,49,54)/b25-23+. The van der Waals surface area contributed by atoms with Gasteiger partial charge in [-0.3, -0.25) is 4.79 Å². The van der Waals surface area contributed by atoms with E-state index in [-0.39, 0.29) is 18.9 Å². The Kier molecular flexibility index (Phi) is 30.4. The van der Waals surface area contributed by atoms with E-state index in [2.05, 4.69) is 19.2 Å². The summed E-state index contributed by atoms with van der Waals surface area (Å²) in [4.78, 5) is 13.1. The molecule has 0 radical (unpaired) electrons. The van der Waals surface area contributed by atoms with Gasteiger partial charge in [-0.15, -0.1) is 0 Å². The summed E-state index contributed by atoms with van der Waals surface area (Å²) in [6.45, 7) is 1.63. The number of unbranched alkanes of at least 4 members (excludes halogenated alkanes) is 19. The van der Waals surface area contributed by atoms with Crippen LogP contribution in [0.3, 0.4) is 0 Å². The maximum absolute atomic E-state index is 13.1. The Morgan fingerprint density at radius 1 is 0.522 bits per heavy atom. The van der Waals surface area contributed by atoms with E-state index in [4.69, 9.17) is 28.4 Å². The largest absolute Gasteiger partial charge is 0.394 e. The minimum absolute atomic E-state index is 0.244. The lowest BCUT2D eigenvalue weighted by Gasteiger charge is -2.48. The fourth-order valence-electron chi connectivity index (χ4n) is 8.78. The van der Waals surface area contributed by atoms with Crippen LogP contribution in [0.2, 0.25) is 0 Å². The summed E-state index contributed by atoms with van der Waals surface area (Å²) < 4.78 is 34.0. The van der Waals surface area contributed by atoms with Crippen molar-refractivity contribution in [2.75, 3.05) is 26.4 Å². The van der Waals surface area contributed by atoms with Crippen LogP contribution < -0.4 is 5.32 Å². The molecular formula is C48H89NO18. The van der Waals surface area contributed by atoms with Gasteiger partial charge in [0.2, 0.25) is 5.91 Å². The van der Waals surface area contributed by atoms with Crippen LogP contribution in [0.4, 0.5) is 0 Å². The monoisotopic (exact) mass is 968 g/mol. The number of carbonyl (C=O) groups excluding carboxylic acids is 1. The first-order valence-electron chi connectivity index (χ1n) is 25.4. The maximum Gasteiger partial charge on any atom is 0.220 e. The lowest BCUT2D eigenvalue weighted by atomic mass is 9.96. The number of hydrogen-bond donors (Lipinski definition) is 12. The highest BCUT2D eigenvalue weighted by Gasteiger charge is 2.53. The van der Waals surface area contributed by atoms with Crippen molar-refractivity contribution >= 4 is 5.91 Å². The topological polar surface area (TPSA) is 307 Å². The molecule has 3 saturated heterocycles. The third-order valence-corrected chi connectivity index (χ3v) is 13.1. The number of rotatable bonds is 35. The minimum atomic E-state index is -1.97. The predicted molar refractivity (Wildman–Crippen MR) is 245 cm³/mol. The summed E-state index contributed by atoms with van der Waals surface area (Å²) in [6.07, 6.45) is 1.04. The molecule has 0 aromatic carbocycles. The molecule has 19 nitrogen and oxygen atoms in total. The second-order valence-corrected chi connectivity index (χ2v) is 18.6. The predicted octanol–water partition coefficient (Wildman–Crippen LogP) is 1.48. The van der Waals surface area contributed by atoms with E-state index in [0.717, 1.165) is 57.8 Å². The molecule has 1 amide bonds. The quantitative estimate of drug-likeness (QED) is 0.0316. The van der Waals surface area contributed by atoms with E-state index in [1.54, 1.807) is 6.08 Å². The summed E-state index contributed by atoms with van der Waals surface area (Å²) in [6, 6.07) is -0.963. The van der Waals surface area contributed by atoms with Crippen LogP contribution >= 0.6 is 0 Å². The highest BCUT2D eigenvalue weighted by molar-refractivity contribution is 5.76. The first-order valence-corrected chi connectivity index (χ1v) is 25.4. The normalized spacial score (nSPS) is 33.5. The van der Waals surface area contributed by atoms with Gasteiger partial charge < -0.3 is 89.9 Å². The molecule has 3 rings (SSSR count). The lowest BCUT2D eigenvalue weighted by molar-refractivity contribution is -0.379. The van der Waals surface area contributed by atoms with Crippen molar-refractivity contribution in [1.82, 2.24) is 5.32 Å². The zero-order valence-electron chi connectivity index (χ0n) is 40.1. The molecule has 17 unspecified atom stereocenters. The SMILES string of the molecule is CCCCCCCCCCCCCCC/C=C/C(O)C(COC1OC(CO)C(OC2OC(CO)C(OC3OC(CO)C(O)C(O)C3O)C(O)C2O)C(O)C1O)NC(=O)CCCCCCCCC. The van der Waals surface area contributed by atoms with E-state index < -0.39 is 124 Å². The van der Waals surface area contributed by atoms with E-state index in [9.17, 15) is 61.0 Å². The molecule has 0 spiro atoms. The second kappa shape index (κ2) is 34.0. The first-order chi connectivity index (χ1) is 32.3.